The molecule has 0 radical (unpaired) electrons. The Balaban J connectivity index is 2.75. The highest BCUT2D eigenvalue weighted by atomic mass is 35.5. The average Bonchev–Trinajstić information content (AvgIpc) is 2.08. The van der Waals surface area contributed by atoms with Crippen molar-refractivity contribution in [1.82, 2.24) is 4.90 Å². The molecule has 13 heavy (non-hydrogen) atoms. The third-order valence-corrected chi connectivity index (χ3v) is 2.96. The second kappa shape index (κ2) is 4.53. The van der Waals surface area contributed by atoms with E-state index >= 15 is 0 Å². The van der Waals surface area contributed by atoms with Crippen LogP contribution in [0.1, 0.15) is 0 Å². The first kappa shape index (κ1) is 10.4. The molecule has 0 aliphatic heterocycles. The number of halogens is 1. The fourth-order valence-corrected chi connectivity index (χ4v) is 1.65. The molecule has 1 aromatic rings. The molecule has 0 saturated heterocycles. The van der Waals surface area contributed by atoms with Crippen molar-refractivity contribution in [2.24, 2.45) is 0 Å². The van der Waals surface area contributed by atoms with Gasteiger partial charge in [-0.2, -0.15) is 0 Å². The van der Waals surface area contributed by atoms with Gasteiger partial charge in [0.1, 0.15) is 0 Å². The lowest BCUT2D eigenvalue weighted by molar-refractivity contribution is 0.241. The molecule has 0 heterocycles. The second-order valence-electron chi connectivity index (χ2n) is 2.69. The number of hydrogen-bond acceptors (Lipinski definition) is 2. The van der Waals surface area contributed by atoms with Gasteiger partial charge in [0.2, 0.25) is 0 Å². The fraction of sp³-hybridized carbons (Fsp3) is 0.222. The summed E-state index contributed by atoms with van der Waals surface area (Å²) in [5.74, 6) is 0. The first-order chi connectivity index (χ1) is 6.11. The van der Waals surface area contributed by atoms with Crippen LogP contribution in [0.4, 0.5) is 4.79 Å². The van der Waals surface area contributed by atoms with Crippen LogP contribution in [0.25, 0.3) is 0 Å². The number of carbonyl (C=O) groups is 1. The highest BCUT2D eigenvalue weighted by Gasteiger charge is 2.08. The van der Waals surface area contributed by atoms with Gasteiger partial charge >= 0.3 is 0 Å². The quantitative estimate of drug-likeness (QED) is 0.671. The molecule has 70 valence electrons. The van der Waals surface area contributed by atoms with Gasteiger partial charge in [0.15, 0.2) is 0 Å². The van der Waals surface area contributed by atoms with Crippen molar-refractivity contribution in [2.45, 2.75) is 4.90 Å². The molecule has 2 nitrogen and oxygen atoms in total. The largest absolute Gasteiger partial charge is 0.339 e. The Morgan fingerprint density at radius 1 is 1.38 bits per heavy atom. The van der Waals surface area contributed by atoms with Crippen LogP contribution in [0.3, 0.4) is 0 Å². The van der Waals surface area contributed by atoms with E-state index in [0.29, 0.717) is 5.02 Å². The Morgan fingerprint density at radius 3 is 2.54 bits per heavy atom. The number of rotatable bonds is 1. The van der Waals surface area contributed by atoms with Crippen molar-refractivity contribution in [2.75, 3.05) is 14.1 Å². The molecule has 0 unspecified atom stereocenters. The van der Waals surface area contributed by atoms with Gasteiger partial charge in [-0.05, 0) is 23.9 Å². The van der Waals surface area contributed by atoms with E-state index in [9.17, 15) is 4.79 Å². The zero-order valence-electron chi connectivity index (χ0n) is 7.45. The Hall–Kier alpha value is -0.670. The molecule has 0 aliphatic carbocycles. The molecule has 1 amide bonds. The molecule has 0 N–H and O–H groups in total. The molecule has 0 spiro atoms. The first-order valence-electron chi connectivity index (χ1n) is 3.75. The summed E-state index contributed by atoms with van der Waals surface area (Å²) in [6.45, 7) is 0. The second-order valence-corrected chi connectivity index (χ2v) is 4.09. The topological polar surface area (TPSA) is 20.3 Å². The van der Waals surface area contributed by atoms with Gasteiger partial charge in [-0.15, -0.1) is 0 Å². The summed E-state index contributed by atoms with van der Waals surface area (Å²) in [4.78, 5) is 13.6. The van der Waals surface area contributed by atoms with Gasteiger partial charge in [-0.1, -0.05) is 23.7 Å². The Morgan fingerprint density at radius 2 is 2.00 bits per heavy atom. The van der Waals surface area contributed by atoms with E-state index in [4.69, 9.17) is 11.6 Å². The Labute approximate surface area is 86.9 Å². The predicted molar refractivity (Wildman–Crippen MR) is 56.4 cm³/mol. The number of hydrogen-bond donors (Lipinski definition) is 0. The van der Waals surface area contributed by atoms with Gasteiger partial charge < -0.3 is 4.90 Å². The molecule has 0 fully saturated rings. The fourth-order valence-electron chi connectivity index (χ4n) is 0.713. The summed E-state index contributed by atoms with van der Waals surface area (Å²) < 4.78 is 0. The van der Waals surface area contributed by atoms with Crippen LogP contribution in [-0.4, -0.2) is 24.2 Å². The lowest BCUT2D eigenvalue weighted by atomic mass is 10.4. The molecular weight excluding hydrogens is 206 g/mol. The normalized spacial score (nSPS) is 9.77. The highest BCUT2D eigenvalue weighted by molar-refractivity contribution is 8.13. The monoisotopic (exact) mass is 215 g/mol. The van der Waals surface area contributed by atoms with E-state index in [2.05, 4.69) is 0 Å². The van der Waals surface area contributed by atoms with Gasteiger partial charge in [-0.3, -0.25) is 4.79 Å². The molecule has 4 heteroatoms. The van der Waals surface area contributed by atoms with Gasteiger partial charge in [0.05, 0.1) is 5.02 Å². The van der Waals surface area contributed by atoms with E-state index in [-0.39, 0.29) is 5.24 Å². The lowest BCUT2D eigenvalue weighted by Crippen LogP contribution is -2.16. The summed E-state index contributed by atoms with van der Waals surface area (Å²) in [5.41, 5.74) is 0. The minimum absolute atomic E-state index is 0.0203. The van der Waals surface area contributed by atoms with Crippen LogP contribution < -0.4 is 0 Å². The molecule has 1 rings (SSSR count). The molecule has 0 atom stereocenters. The van der Waals surface area contributed by atoms with Crippen LogP contribution in [0.2, 0.25) is 5.02 Å². The summed E-state index contributed by atoms with van der Waals surface area (Å²) >= 11 is 7.01. The van der Waals surface area contributed by atoms with Gasteiger partial charge in [0.25, 0.3) is 5.24 Å². The first-order valence-corrected chi connectivity index (χ1v) is 4.94. The molecule has 0 bridgehead atoms. The maximum absolute atomic E-state index is 11.3. The molecule has 0 saturated carbocycles. The minimum atomic E-state index is -0.0203. The van der Waals surface area contributed by atoms with Gasteiger partial charge in [0, 0.05) is 19.0 Å². The number of amides is 1. The summed E-state index contributed by atoms with van der Waals surface area (Å²) in [5, 5.41) is 0.593. The number of thioether (sulfide) groups is 1. The van der Waals surface area contributed by atoms with Gasteiger partial charge in [-0.25, -0.2) is 0 Å². The van der Waals surface area contributed by atoms with E-state index in [0.717, 1.165) is 16.7 Å². The number of nitrogens with zero attached hydrogens (tertiary/aromatic N) is 1. The van der Waals surface area contributed by atoms with E-state index in [1.54, 1.807) is 20.2 Å². The van der Waals surface area contributed by atoms with Crippen LogP contribution in [0, 0.1) is 0 Å². The van der Waals surface area contributed by atoms with Crippen molar-refractivity contribution in [3.8, 4) is 0 Å². The number of benzene rings is 1. The van der Waals surface area contributed by atoms with E-state index in [1.807, 2.05) is 18.2 Å². The van der Waals surface area contributed by atoms with Crippen molar-refractivity contribution in [3.05, 3.63) is 29.3 Å². The zero-order chi connectivity index (χ0) is 9.84. The van der Waals surface area contributed by atoms with E-state index in [1.165, 1.54) is 4.90 Å². The predicted octanol–water partition coefficient (Wildman–Crippen LogP) is 3.11. The zero-order valence-corrected chi connectivity index (χ0v) is 9.02. The average molecular weight is 216 g/mol. The molecule has 0 aliphatic rings. The third-order valence-electron chi connectivity index (χ3n) is 1.40. The van der Waals surface area contributed by atoms with E-state index < -0.39 is 0 Å². The summed E-state index contributed by atoms with van der Waals surface area (Å²) in [6, 6.07) is 7.30. The van der Waals surface area contributed by atoms with Crippen LogP contribution in [0.15, 0.2) is 29.2 Å². The van der Waals surface area contributed by atoms with Crippen LogP contribution in [0.5, 0.6) is 0 Å². The smallest absolute Gasteiger partial charge is 0.285 e. The lowest BCUT2D eigenvalue weighted by Gasteiger charge is -2.09. The Kier molecular flexibility index (Phi) is 3.63. The maximum atomic E-state index is 11.3. The molecule has 1 aromatic carbocycles. The maximum Gasteiger partial charge on any atom is 0.285 e. The van der Waals surface area contributed by atoms with Crippen molar-refractivity contribution in [3.63, 3.8) is 0 Å². The standard InChI is InChI=1S/C9H10ClNOS/c1-11(2)9(12)13-8-6-4-3-5-7(8)10/h3-6H,1-2H3. The van der Waals surface area contributed by atoms with Crippen molar-refractivity contribution in [1.29, 1.82) is 0 Å². The summed E-state index contributed by atoms with van der Waals surface area (Å²) in [6.07, 6.45) is 0. The van der Waals surface area contributed by atoms with Crippen molar-refractivity contribution >= 4 is 28.6 Å². The van der Waals surface area contributed by atoms with Crippen LogP contribution >= 0.6 is 23.4 Å². The van der Waals surface area contributed by atoms with Crippen molar-refractivity contribution < 1.29 is 4.79 Å². The van der Waals surface area contributed by atoms with Crippen LogP contribution in [-0.2, 0) is 0 Å². The Bertz CT molecular complexity index is 314. The third kappa shape index (κ3) is 2.94. The molecule has 0 aromatic heterocycles. The minimum Gasteiger partial charge on any atom is -0.339 e. The SMILES string of the molecule is CN(C)C(=O)Sc1ccccc1Cl. The molecular formula is C9H10ClNOS. The highest BCUT2D eigenvalue weighted by Crippen LogP contribution is 2.27. The number of carbonyl (C=O) groups excluding carboxylic acids is 1. The summed E-state index contributed by atoms with van der Waals surface area (Å²) in [7, 11) is 3.43.